The van der Waals surface area contributed by atoms with Crippen molar-refractivity contribution in [3.05, 3.63) is 52.8 Å². The molecule has 1 amide bonds. The second-order valence-corrected chi connectivity index (χ2v) is 5.87. The number of hydrogen-bond acceptors (Lipinski definition) is 3. The third-order valence-electron chi connectivity index (χ3n) is 4.04. The first-order valence-corrected chi connectivity index (χ1v) is 8.02. The van der Waals surface area contributed by atoms with Crippen LogP contribution in [0.1, 0.15) is 34.2 Å². The number of likely N-dealkylation sites (N-methyl/N-ethyl adjacent to an activating group) is 1. The highest BCUT2D eigenvalue weighted by Crippen LogP contribution is 2.23. The first kappa shape index (κ1) is 17.8. The fourth-order valence-electron chi connectivity index (χ4n) is 2.84. The van der Waals surface area contributed by atoms with E-state index < -0.39 is 5.97 Å². The number of hydrogen-bond donors (Lipinski definition) is 0. The zero-order valence-corrected chi connectivity index (χ0v) is 14.9. The lowest BCUT2D eigenvalue weighted by molar-refractivity contribution is -0.143. The molecule has 0 saturated heterocycles. The van der Waals surface area contributed by atoms with E-state index in [1.807, 2.05) is 51.1 Å². The van der Waals surface area contributed by atoms with Crippen LogP contribution in [-0.2, 0) is 9.53 Å². The summed E-state index contributed by atoms with van der Waals surface area (Å²) in [6.07, 6.45) is 0. The summed E-state index contributed by atoms with van der Waals surface area (Å²) in [4.78, 5) is 25.7. The number of para-hydroxylation sites is 1. The van der Waals surface area contributed by atoms with E-state index in [2.05, 4.69) is 4.57 Å². The molecule has 24 heavy (non-hydrogen) atoms. The number of esters is 1. The highest BCUT2D eigenvalue weighted by atomic mass is 16.5. The van der Waals surface area contributed by atoms with Crippen LogP contribution in [0.2, 0.25) is 0 Å². The van der Waals surface area contributed by atoms with Crippen molar-refractivity contribution in [2.45, 2.75) is 27.7 Å². The topological polar surface area (TPSA) is 51.5 Å². The summed E-state index contributed by atoms with van der Waals surface area (Å²) >= 11 is 0. The quantitative estimate of drug-likeness (QED) is 0.793. The maximum absolute atomic E-state index is 12.7. The molecule has 0 saturated carbocycles. The Bertz CT molecular complexity index is 762. The van der Waals surface area contributed by atoms with Gasteiger partial charge in [-0.15, -0.1) is 0 Å². The van der Waals surface area contributed by atoms with E-state index in [1.54, 1.807) is 14.0 Å². The van der Waals surface area contributed by atoms with Gasteiger partial charge in [-0.3, -0.25) is 9.59 Å². The molecule has 128 valence electrons. The lowest BCUT2D eigenvalue weighted by Crippen LogP contribution is -2.33. The number of rotatable bonds is 5. The first-order chi connectivity index (χ1) is 11.4. The summed E-state index contributed by atoms with van der Waals surface area (Å²) < 4.78 is 6.97. The maximum atomic E-state index is 12.7. The van der Waals surface area contributed by atoms with Gasteiger partial charge in [0.2, 0.25) is 0 Å². The molecule has 1 aromatic carbocycles. The normalized spacial score (nSPS) is 10.5. The van der Waals surface area contributed by atoms with Crippen LogP contribution < -0.4 is 0 Å². The first-order valence-electron chi connectivity index (χ1n) is 8.02. The van der Waals surface area contributed by atoms with Gasteiger partial charge >= 0.3 is 5.97 Å². The predicted octanol–water partition coefficient (Wildman–Crippen LogP) is 3.04. The standard InChI is InChI=1S/C19H24N2O3/c1-6-24-18(22)12-20(5)19(23)16-11-14(3)21(15(16)4)17-10-8-7-9-13(17)2/h7-11H,6,12H2,1-5H3. The number of aromatic nitrogens is 1. The van der Waals surface area contributed by atoms with E-state index in [-0.39, 0.29) is 12.5 Å². The van der Waals surface area contributed by atoms with Crippen LogP contribution in [0.15, 0.2) is 30.3 Å². The van der Waals surface area contributed by atoms with Crippen LogP contribution in [0.25, 0.3) is 5.69 Å². The Morgan fingerprint density at radius 2 is 1.83 bits per heavy atom. The molecule has 5 heteroatoms. The average Bonchev–Trinajstić information content (AvgIpc) is 2.82. The van der Waals surface area contributed by atoms with Gasteiger partial charge in [-0.05, 0) is 45.4 Å². The van der Waals surface area contributed by atoms with E-state index in [0.717, 1.165) is 22.6 Å². The Morgan fingerprint density at radius 1 is 1.17 bits per heavy atom. The van der Waals surface area contributed by atoms with Crippen molar-refractivity contribution < 1.29 is 14.3 Å². The van der Waals surface area contributed by atoms with Gasteiger partial charge in [0.1, 0.15) is 6.54 Å². The molecule has 0 spiro atoms. The third-order valence-corrected chi connectivity index (χ3v) is 4.04. The Morgan fingerprint density at radius 3 is 2.46 bits per heavy atom. The van der Waals surface area contributed by atoms with Gasteiger partial charge in [-0.2, -0.15) is 0 Å². The van der Waals surface area contributed by atoms with Gasteiger partial charge < -0.3 is 14.2 Å². The number of aryl methyl sites for hydroxylation is 2. The summed E-state index contributed by atoms with van der Waals surface area (Å²) in [5.41, 5.74) is 4.64. The Kier molecular flexibility index (Phi) is 5.44. The summed E-state index contributed by atoms with van der Waals surface area (Å²) in [6, 6.07) is 9.92. The Labute approximate surface area is 142 Å². The van der Waals surface area contributed by atoms with E-state index in [1.165, 1.54) is 4.90 Å². The van der Waals surface area contributed by atoms with E-state index in [4.69, 9.17) is 4.74 Å². The molecule has 2 rings (SSSR count). The minimum atomic E-state index is -0.402. The fraction of sp³-hybridized carbons (Fsp3) is 0.368. The zero-order valence-electron chi connectivity index (χ0n) is 14.9. The SMILES string of the molecule is CCOC(=O)CN(C)C(=O)c1cc(C)n(-c2ccccc2C)c1C. The van der Waals surface area contributed by atoms with E-state index >= 15 is 0 Å². The van der Waals surface area contributed by atoms with Crippen LogP contribution in [-0.4, -0.2) is 41.5 Å². The third kappa shape index (κ3) is 3.50. The molecule has 1 heterocycles. The summed E-state index contributed by atoms with van der Waals surface area (Å²) in [5, 5.41) is 0. The van der Waals surface area contributed by atoms with Crippen LogP contribution in [0.5, 0.6) is 0 Å². The van der Waals surface area contributed by atoms with Crippen LogP contribution >= 0.6 is 0 Å². The molecule has 1 aromatic heterocycles. The minimum Gasteiger partial charge on any atom is -0.465 e. The largest absolute Gasteiger partial charge is 0.465 e. The van der Waals surface area contributed by atoms with Crippen molar-refractivity contribution in [3.8, 4) is 5.69 Å². The van der Waals surface area contributed by atoms with Gasteiger partial charge in [0.05, 0.1) is 12.2 Å². The molecule has 0 atom stereocenters. The highest BCUT2D eigenvalue weighted by molar-refractivity contribution is 5.97. The van der Waals surface area contributed by atoms with Crippen molar-refractivity contribution in [2.75, 3.05) is 20.2 Å². The zero-order chi connectivity index (χ0) is 17.9. The molecule has 0 N–H and O–H groups in total. The number of carbonyl (C=O) groups is 2. The highest BCUT2D eigenvalue weighted by Gasteiger charge is 2.21. The smallest absolute Gasteiger partial charge is 0.325 e. The number of benzene rings is 1. The van der Waals surface area contributed by atoms with Crippen LogP contribution in [0, 0.1) is 20.8 Å². The van der Waals surface area contributed by atoms with Crippen molar-refractivity contribution in [1.82, 2.24) is 9.47 Å². The van der Waals surface area contributed by atoms with Crippen molar-refractivity contribution in [1.29, 1.82) is 0 Å². The molecule has 0 aliphatic rings. The van der Waals surface area contributed by atoms with Crippen LogP contribution in [0.4, 0.5) is 0 Å². The molecule has 5 nitrogen and oxygen atoms in total. The van der Waals surface area contributed by atoms with Crippen LogP contribution in [0.3, 0.4) is 0 Å². The summed E-state index contributed by atoms with van der Waals surface area (Å²) in [6.45, 7) is 7.94. The molecular weight excluding hydrogens is 304 g/mol. The minimum absolute atomic E-state index is 0.0549. The molecule has 0 aliphatic carbocycles. The van der Waals surface area contributed by atoms with Gasteiger partial charge in [0, 0.05) is 24.1 Å². The van der Waals surface area contributed by atoms with Gasteiger partial charge in [0.25, 0.3) is 5.91 Å². The Hall–Kier alpha value is -2.56. The number of ether oxygens (including phenoxy) is 1. The predicted molar refractivity (Wildman–Crippen MR) is 93.6 cm³/mol. The lowest BCUT2D eigenvalue weighted by Gasteiger charge is -2.17. The second kappa shape index (κ2) is 7.34. The van der Waals surface area contributed by atoms with Crippen molar-refractivity contribution >= 4 is 11.9 Å². The Balaban J connectivity index is 2.33. The average molecular weight is 328 g/mol. The number of amides is 1. The fourth-order valence-corrected chi connectivity index (χ4v) is 2.84. The molecular formula is C19H24N2O3. The van der Waals surface area contributed by atoms with E-state index in [0.29, 0.717) is 12.2 Å². The van der Waals surface area contributed by atoms with E-state index in [9.17, 15) is 9.59 Å². The van der Waals surface area contributed by atoms with Gasteiger partial charge in [0.15, 0.2) is 0 Å². The number of carbonyl (C=O) groups excluding carboxylic acids is 2. The van der Waals surface area contributed by atoms with Gasteiger partial charge in [-0.1, -0.05) is 18.2 Å². The molecule has 0 fully saturated rings. The van der Waals surface area contributed by atoms with Crippen molar-refractivity contribution in [2.24, 2.45) is 0 Å². The monoisotopic (exact) mass is 328 g/mol. The molecule has 0 bridgehead atoms. The molecule has 0 unspecified atom stereocenters. The second-order valence-electron chi connectivity index (χ2n) is 5.87. The molecule has 0 radical (unpaired) electrons. The van der Waals surface area contributed by atoms with Gasteiger partial charge in [-0.25, -0.2) is 0 Å². The summed E-state index contributed by atoms with van der Waals surface area (Å²) in [7, 11) is 1.61. The van der Waals surface area contributed by atoms with Crippen molar-refractivity contribution in [3.63, 3.8) is 0 Å². The molecule has 2 aromatic rings. The molecule has 0 aliphatic heterocycles. The maximum Gasteiger partial charge on any atom is 0.325 e. The summed E-state index contributed by atoms with van der Waals surface area (Å²) in [5.74, 6) is -0.586. The number of nitrogens with zero attached hydrogens (tertiary/aromatic N) is 2. The lowest BCUT2D eigenvalue weighted by atomic mass is 10.2.